The average Bonchev–Trinajstić information content (AvgIpc) is 3.06. The number of unbranched alkanes of at least 4 members (excludes halogenated alkanes) is 10. The zero-order valence-corrected chi connectivity index (χ0v) is 27.4. The Balaban J connectivity index is 2.55. The summed E-state index contributed by atoms with van der Waals surface area (Å²) in [5.41, 5.74) is -1.83. The fraction of sp³-hybridized carbons (Fsp3) is 0.719. The molecule has 0 bridgehead atoms. The summed E-state index contributed by atoms with van der Waals surface area (Å²) in [5, 5.41) is 16.9. The molecule has 0 atom stereocenters. The van der Waals surface area contributed by atoms with E-state index in [9.17, 15) is 24.0 Å². The van der Waals surface area contributed by atoms with Crippen molar-refractivity contribution in [2.24, 2.45) is 0 Å². The standard InChI is InChI=1S/C32H49N5O10/c1-2-28(38)46-24-22-43-23-25-47-29(39)16-10-4-3-5-11-17-35-30(40)36(18-12-6-8-14-20-44-26-33)32(42)37(31(35)41)19-13-7-9-15-21-45-27-34/h2H,1,3-25H2. The highest BCUT2D eigenvalue weighted by Gasteiger charge is 2.15. The van der Waals surface area contributed by atoms with Crippen molar-refractivity contribution in [1.82, 2.24) is 13.7 Å². The molecule has 0 aliphatic carbocycles. The van der Waals surface area contributed by atoms with Crippen molar-refractivity contribution < 1.29 is 33.3 Å². The average molecular weight is 664 g/mol. The molecule has 1 aromatic heterocycles. The number of hydrogen-bond acceptors (Lipinski definition) is 12. The van der Waals surface area contributed by atoms with Crippen LogP contribution in [0, 0.1) is 23.0 Å². The van der Waals surface area contributed by atoms with Crippen LogP contribution in [-0.4, -0.2) is 65.3 Å². The lowest BCUT2D eigenvalue weighted by Gasteiger charge is -2.14. The number of aromatic nitrogens is 3. The van der Waals surface area contributed by atoms with Gasteiger partial charge in [0.2, 0.25) is 0 Å². The van der Waals surface area contributed by atoms with Gasteiger partial charge in [-0.05, 0) is 51.4 Å². The minimum Gasteiger partial charge on any atom is -0.463 e. The summed E-state index contributed by atoms with van der Waals surface area (Å²) in [6.07, 6.45) is 13.7. The topological polar surface area (TPSA) is 194 Å². The highest BCUT2D eigenvalue weighted by Crippen LogP contribution is 2.07. The molecule has 0 saturated heterocycles. The van der Waals surface area contributed by atoms with Crippen LogP contribution in [0.5, 0.6) is 0 Å². The maximum atomic E-state index is 13.2. The van der Waals surface area contributed by atoms with E-state index in [4.69, 9.17) is 24.7 Å². The number of ether oxygens (including phenoxy) is 5. The number of nitrogens with zero attached hydrogens (tertiary/aromatic N) is 5. The maximum absolute atomic E-state index is 13.2. The summed E-state index contributed by atoms with van der Waals surface area (Å²) >= 11 is 0. The number of nitriles is 2. The smallest absolute Gasteiger partial charge is 0.336 e. The Kier molecular flexibility index (Phi) is 23.2. The van der Waals surface area contributed by atoms with Crippen LogP contribution >= 0.6 is 0 Å². The number of hydrogen-bond donors (Lipinski definition) is 0. The molecule has 262 valence electrons. The van der Waals surface area contributed by atoms with Gasteiger partial charge in [0.25, 0.3) is 12.5 Å². The Morgan fingerprint density at radius 1 is 0.574 bits per heavy atom. The molecule has 1 rings (SSSR count). The van der Waals surface area contributed by atoms with Gasteiger partial charge >= 0.3 is 29.0 Å². The second-order valence-electron chi connectivity index (χ2n) is 10.7. The van der Waals surface area contributed by atoms with E-state index >= 15 is 0 Å². The van der Waals surface area contributed by atoms with Gasteiger partial charge in [-0.3, -0.25) is 4.79 Å². The zero-order valence-electron chi connectivity index (χ0n) is 27.4. The minimum absolute atomic E-state index is 0.0951. The number of rotatable bonds is 29. The largest absolute Gasteiger partial charge is 0.463 e. The van der Waals surface area contributed by atoms with E-state index in [-0.39, 0.29) is 58.5 Å². The van der Waals surface area contributed by atoms with Crippen molar-refractivity contribution in [2.45, 2.75) is 110 Å². The molecule has 0 N–H and O–H groups in total. The molecule has 1 aromatic rings. The monoisotopic (exact) mass is 663 g/mol. The SMILES string of the molecule is C=CC(=O)OCCOCCOC(=O)CCCCCCCn1c(=O)n(CCCCCCOC#N)c(=O)n(CCCCCCOC#N)c1=O. The van der Waals surface area contributed by atoms with Gasteiger partial charge in [-0.25, -0.2) is 32.9 Å². The number of carbonyl (C=O) groups excluding carboxylic acids is 2. The van der Waals surface area contributed by atoms with Gasteiger partial charge in [0.05, 0.1) is 13.2 Å². The van der Waals surface area contributed by atoms with E-state index in [1.54, 1.807) is 12.5 Å². The molecule has 1 heterocycles. The first-order chi connectivity index (χ1) is 22.9. The van der Waals surface area contributed by atoms with E-state index in [0.29, 0.717) is 51.7 Å². The van der Waals surface area contributed by atoms with Crippen LogP contribution in [0.2, 0.25) is 0 Å². The lowest BCUT2D eigenvalue weighted by atomic mass is 10.1. The molecular weight excluding hydrogens is 614 g/mol. The van der Waals surface area contributed by atoms with Gasteiger partial charge < -0.3 is 23.7 Å². The van der Waals surface area contributed by atoms with Crippen molar-refractivity contribution in [3.8, 4) is 12.5 Å². The van der Waals surface area contributed by atoms with Gasteiger partial charge in [0, 0.05) is 32.1 Å². The van der Waals surface area contributed by atoms with Gasteiger partial charge in [-0.2, -0.15) is 10.5 Å². The lowest BCUT2D eigenvalue weighted by molar-refractivity contribution is -0.145. The first-order valence-corrected chi connectivity index (χ1v) is 16.4. The van der Waals surface area contributed by atoms with Crippen molar-refractivity contribution in [3.63, 3.8) is 0 Å². The third-order valence-electron chi connectivity index (χ3n) is 7.16. The molecule has 15 nitrogen and oxygen atoms in total. The van der Waals surface area contributed by atoms with Crippen LogP contribution in [-0.2, 0) is 52.9 Å². The molecule has 0 radical (unpaired) electrons. The first-order valence-electron chi connectivity index (χ1n) is 16.4. The van der Waals surface area contributed by atoms with Gasteiger partial charge in [0.15, 0.2) is 0 Å². The molecule has 15 heteroatoms. The molecule has 0 aromatic carbocycles. The van der Waals surface area contributed by atoms with E-state index in [0.717, 1.165) is 64.7 Å². The lowest BCUT2D eigenvalue weighted by Crippen LogP contribution is -2.54. The normalized spacial score (nSPS) is 10.5. The molecule has 47 heavy (non-hydrogen) atoms. The van der Waals surface area contributed by atoms with Crippen molar-refractivity contribution >= 4 is 11.9 Å². The predicted molar refractivity (Wildman–Crippen MR) is 170 cm³/mol. The molecule has 0 aliphatic rings. The van der Waals surface area contributed by atoms with E-state index < -0.39 is 23.0 Å². The van der Waals surface area contributed by atoms with Crippen molar-refractivity contribution in [1.29, 1.82) is 10.5 Å². The van der Waals surface area contributed by atoms with Crippen LogP contribution in [0.4, 0.5) is 0 Å². The molecule has 0 fully saturated rings. The van der Waals surface area contributed by atoms with E-state index in [1.807, 2.05) is 0 Å². The molecule has 0 saturated carbocycles. The summed E-state index contributed by atoms with van der Waals surface area (Å²) in [6.45, 7) is 5.11. The molecule has 0 spiro atoms. The van der Waals surface area contributed by atoms with Crippen molar-refractivity contribution in [3.05, 3.63) is 44.1 Å². The fourth-order valence-electron chi connectivity index (χ4n) is 4.66. The maximum Gasteiger partial charge on any atom is 0.336 e. The quantitative estimate of drug-likeness (QED) is 0.0527. The highest BCUT2D eigenvalue weighted by molar-refractivity contribution is 5.81. The minimum atomic E-state index is -0.609. The van der Waals surface area contributed by atoms with Gasteiger partial charge in [-0.15, -0.1) is 0 Å². The predicted octanol–water partition coefficient (Wildman–Crippen LogP) is 2.92. The second kappa shape index (κ2) is 26.8. The Morgan fingerprint density at radius 3 is 1.43 bits per heavy atom. The third kappa shape index (κ3) is 18.4. The Morgan fingerprint density at radius 2 is 0.979 bits per heavy atom. The molecule has 0 amide bonds. The van der Waals surface area contributed by atoms with Crippen LogP contribution in [0.1, 0.15) is 89.9 Å². The Labute approximate surface area is 275 Å². The van der Waals surface area contributed by atoms with Crippen LogP contribution in [0.15, 0.2) is 27.0 Å². The molecule has 0 aliphatic heterocycles. The van der Waals surface area contributed by atoms with Crippen LogP contribution in [0.3, 0.4) is 0 Å². The molecular formula is C32H49N5O10. The van der Waals surface area contributed by atoms with Gasteiger partial charge in [0.1, 0.15) is 26.4 Å². The van der Waals surface area contributed by atoms with E-state index in [1.165, 1.54) is 0 Å². The Hall–Kier alpha value is -4.37. The fourth-order valence-corrected chi connectivity index (χ4v) is 4.66. The first kappa shape index (κ1) is 40.7. The summed E-state index contributed by atoms with van der Waals surface area (Å²) in [5.74, 6) is -0.854. The summed E-state index contributed by atoms with van der Waals surface area (Å²) < 4.78 is 27.9. The van der Waals surface area contributed by atoms with E-state index in [2.05, 4.69) is 16.1 Å². The molecule has 0 unspecified atom stereocenters. The number of esters is 2. The third-order valence-corrected chi connectivity index (χ3v) is 7.16. The summed E-state index contributed by atoms with van der Waals surface area (Å²) in [7, 11) is 0. The van der Waals surface area contributed by atoms with Gasteiger partial charge in [-0.1, -0.05) is 38.7 Å². The highest BCUT2D eigenvalue weighted by atomic mass is 16.6. The summed E-state index contributed by atoms with van der Waals surface area (Å²) in [4.78, 5) is 62.4. The van der Waals surface area contributed by atoms with Crippen LogP contribution < -0.4 is 17.1 Å². The summed E-state index contributed by atoms with van der Waals surface area (Å²) in [6, 6.07) is 0. The van der Waals surface area contributed by atoms with Crippen LogP contribution in [0.25, 0.3) is 0 Å². The van der Waals surface area contributed by atoms with Crippen molar-refractivity contribution in [2.75, 3.05) is 39.6 Å². The number of carbonyl (C=O) groups is 2. The Bertz CT molecular complexity index is 1260. The zero-order chi connectivity index (χ0) is 34.5. The second-order valence-corrected chi connectivity index (χ2v) is 10.7.